The minimum Gasteiger partial charge on any atom is -0.367 e. The normalized spacial score (nSPS) is 17.1. The zero-order chi connectivity index (χ0) is 22.1. The molecule has 1 amide bonds. The van der Waals surface area contributed by atoms with Crippen molar-refractivity contribution in [2.24, 2.45) is 0 Å². The number of carbonyl (C=O) groups excluding carboxylic acids is 1. The van der Waals surface area contributed by atoms with E-state index in [-0.39, 0.29) is 11.5 Å². The second kappa shape index (κ2) is 8.74. The Balaban J connectivity index is 1.43. The van der Waals surface area contributed by atoms with Crippen molar-refractivity contribution in [3.8, 4) is 0 Å². The minimum atomic E-state index is -0.190. The van der Waals surface area contributed by atoms with Crippen molar-refractivity contribution in [1.29, 1.82) is 0 Å². The zero-order valence-electron chi connectivity index (χ0n) is 18.5. The Labute approximate surface area is 187 Å². The van der Waals surface area contributed by atoms with Gasteiger partial charge in [-0.2, -0.15) is 0 Å². The first-order valence-corrected chi connectivity index (χ1v) is 11.5. The fourth-order valence-corrected chi connectivity index (χ4v) is 4.66. The van der Waals surface area contributed by atoms with Crippen LogP contribution in [0.3, 0.4) is 0 Å². The number of piperazine rings is 1. The summed E-state index contributed by atoms with van der Waals surface area (Å²) in [6, 6.07) is 13.1. The van der Waals surface area contributed by atoms with Crippen LogP contribution >= 0.6 is 0 Å². The molecular weight excluding hydrogens is 402 g/mol. The van der Waals surface area contributed by atoms with Crippen LogP contribution in [0.2, 0.25) is 0 Å². The summed E-state index contributed by atoms with van der Waals surface area (Å²) in [5, 5.41) is 3.66. The number of hydrogen-bond donors (Lipinski definition) is 1. The van der Waals surface area contributed by atoms with Gasteiger partial charge in [0.1, 0.15) is 5.82 Å². The number of fused-ring (bicyclic) bond motifs is 2. The third-order valence-electron chi connectivity index (χ3n) is 6.57. The summed E-state index contributed by atoms with van der Waals surface area (Å²) in [6.45, 7) is 4.58. The fourth-order valence-electron chi connectivity index (χ4n) is 4.66. The van der Waals surface area contributed by atoms with Gasteiger partial charge >= 0.3 is 0 Å². The van der Waals surface area contributed by atoms with Gasteiger partial charge < -0.3 is 15.1 Å². The van der Waals surface area contributed by atoms with E-state index in [2.05, 4.69) is 28.2 Å². The highest BCUT2D eigenvalue weighted by molar-refractivity contribution is 6.07. The van der Waals surface area contributed by atoms with E-state index in [9.17, 15) is 9.59 Å². The van der Waals surface area contributed by atoms with E-state index in [1.54, 1.807) is 22.8 Å². The van der Waals surface area contributed by atoms with Crippen LogP contribution in [0.1, 0.15) is 35.4 Å². The van der Waals surface area contributed by atoms with Crippen molar-refractivity contribution in [1.82, 2.24) is 14.5 Å². The van der Waals surface area contributed by atoms with E-state index in [1.807, 2.05) is 18.2 Å². The van der Waals surface area contributed by atoms with Crippen LogP contribution in [0.25, 0.3) is 10.9 Å². The molecule has 3 heterocycles. The number of amides is 1. The SMILES string of the molecule is CN1CCN(c2ccccc2NC(=O)c2ccc3c(=O)n4c(nc3c2)CCCCC4)CC1. The number of hydrogen-bond acceptors (Lipinski definition) is 5. The predicted molar refractivity (Wildman–Crippen MR) is 128 cm³/mol. The van der Waals surface area contributed by atoms with Gasteiger partial charge in [0, 0.05) is 44.7 Å². The molecular formula is C25H29N5O2. The number of likely N-dealkylation sites (N-methyl/N-ethyl adjacent to an activating group) is 1. The lowest BCUT2D eigenvalue weighted by atomic mass is 10.1. The number of benzene rings is 2. The molecule has 0 atom stereocenters. The van der Waals surface area contributed by atoms with Gasteiger partial charge in [0.2, 0.25) is 0 Å². The molecule has 2 aliphatic heterocycles. The van der Waals surface area contributed by atoms with Gasteiger partial charge in [-0.05, 0) is 50.2 Å². The summed E-state index contributed by atoms with van der Waals surface area (Å²) in [6.07, 6.45) is 3.97. The van der Waals surface area contributed by atoms with Crippen molar-refractivity contribution >= 4 is 28.2 Å². The average molecular weight is 432 g/mol. The number of aryl methyl sites for hydroxylation is 1. The van der Waals surface area contributed by atoms with Gasteiger partial charge in [-0.25, -0.2) is 4.98 Å². The topological polar surface area (TPSA) is 70.5 Å². The van der Waals surface area contributed by atoms with Crippen LogP contribution in [0, 0.1) is 0 Å². The molecule has 1 saturated heterocycles. The molecule has 2 aliphatic rings. The van der Waals surface area contributed by atoms with Crippen molar-refractivity contribution < 1.29 is 4.79 Å². The first-order valence-electron chi connectivity index (χ1n) is 11.5. The number of carbonyl (C=O) groups is 1. The Hall–Kier alpha value is -3.19. The summed E-state index contributed by atoms with van der Waals surface area (Å²) >= 11 is 0. The van der Waals surface area contributed by atoms with E-state index in [0.717, 1.165) is 75.6 Å². The monoisotopic (exact) mass is 431 g/mol. The number of para-hydroxylation sites is 2. The Kier molecular flexibility index (Phi) is 5.66. The second-order valence-corrected chi connectivity index (χ2v) is 8.79. The maximum absolute atomic E-state index is 13.1. The van der Waals surface area contributed by atoms with Crippen LogP contribution in [0.15, 0.2) is 47.3 Å². The fraction of sp³-hybridized carbons (Fsp3) is 0.400. The van der Waals surface area contributed by atoms with Crippen LogP contribution < -0.4 is 15.8 Å². The third-order valence-corrected chi connectivity index (χ3v) is 6.57. The maximum atomic E-state index is 13.1. The first kappa shape index (κ1) is 20.7. The Morgan fingerprint density at radius 1 is 0.969 bits per heavy atom. The highest BCUT2D eigenvalue weighted by Gasteiger charge is 2.19. The highest BCUT2D eigenvalue weighted by atomic mass is 16.1. The van der Waals surface area contributed by atoms with Crippen molar-refractivity contribution in [3.05, 3.63) is 64.2 Å². The number of anilines is 2. The van der Waals surface area contributed by atoms with E-state index in [4.69, 9.17) is 4.98 Å². The largest absolute Gasteiger partial charge is 0.367 e. The van der Waals surface area contributed by atoms with Gasteiger partial charge in [-0.15, -0.1) is 0 Å². The van der Waals surface area contributed by atoms with Gasteiger partial charge in [-0.3, -0.25) is 14.2 Å². The van der Waals surface area contributed by atoms with Crippen molar-refractivity contribution in [3.63, 3.8) is 0 Å². The van der Waals surface area contributed by atoms with Gasteiger partial charge in [0.25, 0.3) is 11.5 Å². The number of nitrogens with one attached hydrogen (secondary N) is 1. The Morgan fingerprint density at radius 3 is 2.62 bits per heavy atom. The van der Waals surface area contributed by atoms with E-state index in [0.29, 0.717) is 16.5 Å². The summed E-state index contributed by atoms with van der Waals surface area (Å²) in [5.41, 5.74) is 2.95. The molecule has 5 rings (SSSR count). The van der Waals surface area contributed by atoms with E-state index < -0.39 is 0 Å². The number of aromatic nitrogens is 2. The molecule has 32 heavy (non-hydrogen) atoms. The zero-order valence-corrected chi connectivity index (χ0v) is 18.5. The molecule has 7 nitrogen and oxygen atoms in total. The van der Waals surface area contributed by atoms with Gasteiger partial charge in [0.15, 0.2) is 0 Å². The quantitative estimate of drug-likeness (QED) is 0.690. The van der Waals surface area contributed by atoms with Gasteiger partial charge in [-0.1, -0.05) is 18.6 Å². The molecule has 3 aromatic rings. The first-order chi connectivity index (χ1) is 15.6. The number of rotatable bonds is 3. The minimum absolute atomic E-state index is 0.000676. The lowest BCUT2D eigenvalue weighted by molar-refractivity contribution is 0.102. The lowest BCUT2D eigenvalue weighted by Gasteiger charge is -2.35. The van der Waals surface area contributed by atoms with Crippen molar-refractivity contribution in [2.75, 3.05) is 43.4 Å². The molecule has 1 fully saturated rings. The van der Waals surface area contributed by atoms with Gasteiger partial charge in [0.05, 0.1) is 22.3 Å². The van der Waals surface area contributed by atoms with E-state index in [1.165, 1.54) is 0 Å². The highest BCUT2D eigenvalue weighted by Crippen LogP contribution is 2.27. The summed E-state index contributed by atoms with van der Waals surface area (Å²) in [5.74, 6) is 0.642. The maximum Gasteiger partial charge on any atom is 0.261 e. The second-order valence-electron chi connectivity index (χ2n) is 8.79. The average Bonchev–Trinajstić information content (AvgIpc) is 3.05. The molecule has 1 N–H and O–H groups in total. The molecule has 0 radical (unpaired) electrons. The molecule has 0 aliphatic carbocycles. The van der Waals surface area contributed by atoms with Crippen LogP contribution in [-0.4, -0.2) is 53.6 Å². The molecule has 1 aromatic heterocycles. The molecule has 0 bridgehead atoms. The predicted octanol–water partition coefficient (Wildman–Crippen LogP) is 3.13. The van der Waals surface area contributed by atoms with Crippen LogP contribution in [0.5, 0.6) is 0 Å². The standard InChI is InChI=1S/C25H29N5O2/c1-28-13-15-29(16-14-28)22-8-5-4-7-20(22)27-24(31)18-10-11-19-21(17-18)26-23-9-3-2-6-12-30(23)25(19)32/h4-5,7-8,10-11,17H,2-3,6,9,12-16H2,1H3,(H,27,31). The third kappa shape index (κ3) is 4.00. The number of nitrogens with zero attached hydrogens (tertiary/aromatic N) is 4. The smallest absolute Gasteiger partial charge is 0.261 e. The molecule has 0 saturated carbocycles. The summed E-state index contributed by atoms with van der Waals surface area (Å²) in [4.78, 5) is 35.5. The Morgan fingerprint density at radius 2 is 1.78 bits per heavy atom. The van der Waals surface area contributed by atoms with E-state index >= 15 is 0 Å². The van der Waals surface area contributed by atoms with Crippen LogP contribution in [-0.2, 0) is 13.0 Å². The van der Waals surface area contributed by atoms with Crippen molar-refractivity contribution in [2.45, 2.75) is 32.2 Å². The Bertz CT molecular complexity index is 1210. The summed E-state index contributed by atoms with van der Waals surface area (Å²) in [7, 11) is 2.13. The summed E-state index contributed by atoms with van der Waals surface area (Å²) < 4.78 is 1.81. The van der Waals surface area contributed by atoms with Crippen LogP contribution in [0.4, 0.5) is 11.4 Å². The molecule has 2 aromatic carbocycles. The molecule has 0 unspecified atom stereocenters. The molecule has 0 spiro atoms. The lowest BCUT2D eigenvalue weighted by Crippen LogP contribution is -2.44. The molecule has 166 valence electrons. The molecule has 7 heteroatoms.